The van der Waals surface area contributed by atoms with Gasteiger partial charge >= 0.3 is 5.97 Å². The van der Waals surface area contributed by atoms with Crippen LogP contribution < -0.4 is 5.32 Å². The van der Waals surface area contributed by atoms with Crippen molar-refractivity contribution in [1.82, 2.24) is 5.32 Å². The second kappa shape index (κ2) is 6.81. The first kappa shape index (κ1) is 13.4. The highest BCUT2D eigenvalue weighted by Gasteiger charge is 2.16. The lowest BCUT2D eigenvalue weighted by Crippen LogP contribution is -2.21. The lowest BCUT2D eigenvalue weighted by molar-refractivity contribution is -0.143. The van der Waals surface area contributed by atoms with Gasteiger partial charge in [-0.3, -0.25) is 9.59 Å². The van der Waals surface area contributed by atoms with Crippen LogP contribution >= 0.6 is 0 Å². The minimum Gasteiger partial charge on any atom is -0.469 e. The van der Waals surface area contributed by atoms with Gasteiger partial charge in [0.2, 0.25) is 0 Å². The minimum absolute atomic E-state index is 0.0617. The van der Waals surface area contributed by atoms with Gasteiger partial charge < -0.3 is 10.1 Å². The van der Waals surface area contributed by atoms with Crippen LogP contribution in [0.5, 0.6) is 0 Å². The molecule has 0 radical (unpaired) electrons. The highest BCUT2D eigenvalue weighted by molar-refractivity contribution is 5.95. The molecule has 0 amide bonds. The van der Waals surface area contributed by atoms with E-state index in [4.69, 9.17) is 0 Å². The van der Waals surface area contributed by atoms with Gasteiger partial charge in [-0.1, -0.05) is 30.3 Å². The highest BCUT2D eigenvalue weighted by atomic mass is 16.5. The summed E-state index contributed by atoms with van der Waals surface area (Å²) in [6, 6.07) is 9.61. The molecule has 4 heteroatoms. The van der Waals surface area contributed by atoms with Gasteiger partial charge in [0.1, 0.15) is 12.2 Å². The summed E-state index contributed by atoms with van der Waals surface area (Å²) in [5.74, 6) is -0.613. The van der Waals surface area contributed by atoms with Crippen molar-refractivity contribution in [2.45, 2.75) is 18.9 Å². The smallest absolute Gasteiger partial charge is 0.313 e. The number of Topliss-reactive ketones (excluding diaryl/α,β-unsaturated/α-hetero) is 1. The Hall–Kier alpha value is -1.68. The summed E-state index contributed by atoms with van der Waals surface area (Å²) in [5.41, 5.74) is 1.04. The van der Waals surface area contributed by atoms with Crippen LogP contribution in [-0.4, -0.2) is 25.9 Å². The molecular weight excluding hydrogens is 218 g/mol. The van der Waals surface area contributed by atoms with Crippen molar-refractivity contribution >= 4 is 11.8 Å². The van der Waals surface area contributed by atoms with Crippen molar-refractivity contribution < 1.29 is 14.3 Å². The van der Waals surface area contributed by atoms with E-state index in [1.165, 1.54) is 7.11 Å². The Labute approximate surface area is 101 Å². The summed E-state index contributed by atoms with van der Waals surface area (Å²) < 4.78 is 4.46. The van der Waals surface area contributed by atoms with Crippen LogP contribution in [0.4, 0.5) is 0 Å². The van der Waals surface area contributed by atoms with Crippen molar-refractivity contribution in [1.29, 1.82) is 0 Å². The van der Waals surface area contributed by atoms with Gasteiger partial charge in [0.15, 0.2) is 0 Å². The molecule has 0 saturated heterocycles. The zero-order chi connectivity index (χ0) is 12.7. The number of carbonyl (C=O) groups is 2. The maximum atomic E-state index is 11.6. The Bertz CT molecular complexity index is 376. The highest BCUT2D eigenvalue weighted by Crippen LogP contribution is 2.16. The molecule has 0 aliphatic rings. The Morgan fingerprint density at radius 3 is 2.47 bits per heavy atom. The molecule has 0 saturated carbocycles. The number of benzene rings is 1. The maximum Gasteiger partial charge on any atom is 0.313 e. The fourth-order valence-corrected chi connectivity index (χ4v) is 1.60. The Morgan fingerprint density at radius 2 is 1.94 bits per heavy atom. The van der Waals surface area contributed by atoms with Crippen molar-refractivity contribution in [3.63, 3.8) is 0 Å². The van der Waals surface area contributed by atoms with E-state index in [-0.39, 0.29) is 24.7 Å². The summed E-state index contributed by atoms with van der Waals surface area (Å²) >= 11 is 0. The van der Waals surface area contributed by atoms with Gasteiger partial charge in [-0.05, 0) is 12.6 Å². The first-order valence-electron chi connectivity index (χ1n) is 5.48. The summed E-state index contributed by atoms with van der Waals surface area (Å²) in [4.78, 5) is 22.6. The minimum atomic E-state index is -0.488. The number of nitrogens with one attached hydrogen (secondary N) is 1. The van der Waals surface area contributed by atoms with Crippen LogP contribution in [0.2, 0.25) is 0 Å². The summed E-state index contributed by atoms with van der Waals surface area (Å²) in [7, 11) is 3.07. The summed E-state index contributed by atoms with van der Waals surface area (Å²) in [5, 5.41) is 3.07. The van der Waals surface area contributed by atoms with E-state index in [0.29, 0.717) is 0 Å². The van der Waals surface area contributed by atoms with Crippen molar-refractivity contribution in [2.24, 2.45) is 0 Å². The monoisotopic (exact) mass is 235 g/mol. The summed E-state index contributed by atoms with van der Waals surface area (Å²) in [6.07, 6.45) is 0.122. The van der Waals surface area contributed by atoms with Crippen LogP contribution in [0.1, 0.15) is 24.4 Å². The van der Waals surface area contributed by atoms with Crippen molar-refractivity contribution in [3.05, 3.63) is 35.9 Å². The van der Waals surface area contributed by atoms with E-state index in [1.807, 2.05) is 30.3 Å². The average Bonchev–Trinajstić information content (AvgIpc) is 2.36. The van der Waals surface area contributed by atoms with E-state index in [0.717, 1.165) is 5.56 Å². The molecule has 0 aliphatic carbocycles. The molecule has 0 fully saturated rings. The molecule has 1 atom stereocenters. The van der Waals surface area contributed by atoms with Crippen LogP contribution in [0.25, 0.3) is 0 Å². The van der Waals surface area contributed by atoms with E-state index in [9.17, 15) is 9.59 Å². The molecular formula is C13H17NO3. The second-order valence-corrected chi connectivity index (χ2v) is 3.75. The molecule has 1 unspecified atom stereocenters. The third-order valence-corrected chi connectivity index (χ3v) is 2.55. The lowest BCUT2D eigenvalue weighted by Gasteiger charge is -2.15. The van der Waals surface area contributed by atoms with Gasteiger partial charge in [-0.15, -0.1) is 0 Å². The summed E-state index contributed by atoms with van der Waals surface area (Å²) in [6.45, 7) is 0. The van der Waals surface area contributed by atoms with E-state index < -0.39 is 5.97 Å². The molecule has 1 aromatic carbocycles. The van der Waals surface area contributed by atoms with Gasteiger partial charge in [0.25, 0.3) is 0 Å². The normalized spacial score (nSPS) is 11.9. The van der Waals surface area contributed by atoms with E-state index in [2.05, 4.69) is 10.1 Å². The first-order valence-corrected chi connectivity index (χ1v) is 5.48. The molecule has 4 nitrogen and oxygen atoms in total. The number of methoxy groups -OCH3 is 1. The fourth-order valence-electron chi connectivity index (χ4n) is 1.60. The first-order chi connectivity index (χ1) is 8.17. The lowest BCUT2D eigenvalue weighted by atomic mass is 10.0. The average molecular weight is 235 g/mol. The Morgan fingerprint density at radius 1 is 1.29 bits per heavy atom. The number of hydrogen-bond donors (Lipinski definition) is 1. The number of ether oxygens (including phenoxy) is 1. The molecule has 1 N–H and O–H groups in total. The maximum absolute atomic E-state index is 11.6. The second-order valence-electron chi connectivity index (χ2n) is 3.75. The number of hydrogen-bond acceptors (Lipinski definition) is 4. The largest absolute Gasteiger partial charge is 0.469 e. The van der Waals surface area contributed by atoms with Gasteiger partial charge in [0.05, 0.1) is 7.11 Å². The standard InChI is InChI=1S/C13H17NO3/c1-14-12(10-6-4-3-5-7-10)8-11(15)9-13(16)17-2/h3-7,12,14H,8-9H2,1-2H3. The molecule has 1 rings (SSSR count). The zero-order valence-electron chi connectivity index (χ0n) is 10.1. The van der Waals surface area contributed by atoms with Crippen LogP contribution in [-0.2, 0) is 14.3 Å². The van der Waals surface area contributed by atoms with E-state index in [1.54, 1.807) is 7.05 Å². The number of esters is 1. The SMILES string of the molecule is CNC(CC(=O)CC(=O)OC)c1ccccc1. The van der Waals surface area contributed by atoms with Crippen LogP contribution in [0.15, 0.2) is 30.3 Å². The number of carbonyl (C=O) groups excluding carboxylic acids is 2. The van der Waals surface area contributed by atoms with Gasteiger partial charge in [-0.2, -0.15) is 0 Å². The molecule has 0 aromatic heterocycles. The third-order valence-electron chi connectivity index (χ3n) is 2.55. The fraction of sp³-hybridized carbons (Fsp3) is 0.385. The molecule has 1 aromatic rings. The van der Waals surface area contributed by atoms with Crippen molar-refractivity contribution in [2.75, 3.05) is 14.2 Å². The van der Waals surface area contributed by atoms with E-state index >= 15 is 0 Å². The number of ketones is 1. The van der Waals surface area contributed by atoms with Crippen LogP contribution in [0, 0.1) is 0 Å². The number of rotatable bonds is 6. The molecule has 0 heterocycles. The third kappa shape index (κ3) is 4.36. The Kier molecular flexibility index (Phi) is 5.36. The molecule has 0 spiro atoms. The quantitative estimate of drug-likeness (QED) is 0.599. The molecule has 92 valence electrons. The zero-order valence-corrected chi connectivity index (χ0v) is 10.1. The van der Waals surface area contributed by atoms with Gasteiger partial charge in [0, 0.05) is 12.5 Å². The molecule has 17 heavy (non-hydrogen) atoms. The van der Waals surface area contributed by atoms with Gasteiger partial charge in [-0.25, -0.2) is 0 Å². The van der Waals surface area contributed by atoms with Crippen LogP contribution in [0.3, 0.4) is 0 Å². The molecule has 0 aliphatic heterocycles. The predicted molar refractivity (Wildman–Crippen MR) is 64.5 cm³/mol. The predicted octanol–water partition coefficient (Wildman–Crippen LogP) is 1.47. The Balaban J connectivity index is 2.59. The topological polar surface area (TPSA) is 55.4 Å². The van der Waals surface area contributed by atoms with Crippen molar-refractivity contribution in [3.8, 4) is 0 Å². The molecule has 0 bridgehead atoms.